The van der Waals surface area contributed by atoms with Crippen LogP contribution < -0.4 is 0 Å². The molecule has 7 nitrogen and oxygen atoms in total. The first kappa shape index (κ1) is 18.4. The Morgan fingerprint density at radius 2 is 1.60 bits per heavy atom. The normalized spacial score (nSPS) is 14.3. The van der Waals surface area contributed by atoms with E-state index < -0.39 is 0 Å². The van der Waals surface area contributed by atoms with E-state index >= 15 is 0 Å². The average Bonchev–Trinajstić information content (AvgIpc) is 3.18. The van der Waals surface area contributed by atoms with Crippen molar-refractivity contribution in [3.63, 3.8) is 0 Å². The van der Waals surface area contributed by atoms with Gasteiger partial charge in [0.05, 0.1) is 48.4 Å². The molecule has 1 fully saturated rings. The number of hydrogen-bond donors (Lipinski definition) is 0. The molecule has 25 heavy (non-hydrogen) atoms. The first-order chi connectivity index (χ1) is 12.2. The minimum absolute atomic E-state index is 0.606. The first-order valence-corrected chi connectivity index (χ1v) is 8.24. The first-order valence-electron chi connectivity index (χ1n) is 8.24. The zero-order chi connectivity index (χ0) is 18.2. The number of rotatable bonds is 5. The lowest BCUT2D eigenvalue weighted by molar-refractivity contribution is 0.213. The third-order valence-corrected chi connectivity index (χ3v) is 3.90. The Kier molecular flexibility index (Phi) is 6.45. The van der Waals surface area contributed by atoms with Gasteiger partial charge in [0.25, 0.3) is 0 Å². The Balaban J connectivity index is 0.00000109. The van der Waals surface area contributed by atoms with Gasteiger partial charge in [0.15, 0.2) is 5.82 Å². The minimum Gasteiger partial charge on any atom is -0.369 e. The third-order valence-electron chi connectivity index (χ3n) is 3.90. The highest BCUT2D eigenvalue weighted by Crippen LogP contribution is 2.23. The molecular weight excluding hydrogens is 314 g/mol. The zero-order valence-electron chi connectivity index (χ0n) is 14.8. The highest BCUT2D eigenvalue weighted by atomic mass is 15.5. The van der Waals surface area contributed by atoms with Crippen molar-refractivity contribution < 1.29 is 0 Å². The maximum Gasteiger partial charge on any atom is 0.192 e. The Morgan fingerprint density at radius 1 is 0.960 bits per heavy atom. The topological polar surface area (TPSA) is 63.0 Å². The number of piperazine rings is 1. The minimum atomic E-state index is 0.606. The lowest BCUT2D eigenvalue weighted by atomic mass is 10.2. The molecule has 0 N–H and O–H groups in total. The van der Waals surface area contributed by atoms with E-state index in [1.165, 1.54) is 4.80 Å². The molecule has 132 valence electrons. The Hall–Kier alpha value is -2.96. The summed E-state index contributed by atoms with van der Waals surface area (Å²) in [4.78, 5) is 14.7. The fraction of sp³-hybridized carbons (Fsp3) is 0.333. The molecule has 7 heteroatoms. The van der Waals surface area contributed by atoms with E-state index in [1.54, 1.807) is 24.8 Å². The fourth-order valence-corrected chi connectivity index (χ4v) is 2.63. The lowest BCUT2D eigenvalue weighted by Gasteiger charge is -2.40. The summed E-state index contributed by atoms with van der Waals surface area (Å²) in [7, 11) is 0. The number of hydrogen-bond acceptors (Lipinski definition) is 6. The quantitative estimate of drug-likeness (QED) is 0.780. The van der Waals surface area contributed by atoms with Crippen molar-refractivity contribution >= 4 is 0 Å². The molecule has 0 amide bonds. The van der Waals surface area contributed by atoms with Crippen molar-refractivity contribution in [2.75, 3.05) is 19.6 Å². The van der Waals surface area contributed by atoms with E-state index in [-0.39, 0.29) is 0 Å². The van der Waals surface area contributed by atoms with Gasteiger partial charge in [0, 0.05) is 19.6 Å². The second-order valence-corrected chi connectivity index (χ2v) is 5.49. The van der Waals surface area contributed by atoms with Crippen LogP contribution in [0.3, 0.4) is 0 Å². The Bertz CT molecular complexity index is 691. The predicted octanol–water partition coefficient (Wildman–Crippen LogP) is 2.41. The molecule has 3 rings (SSSR count). The summed E-state index contributed by atoms with van der Waals surface area (Å²) in [5.74, 6) is 0.606. The van der Waals surface area contributed by atoms with Crippen LogP contribution in [0.1, 0.15) is 19.0 Å². The van der Waals surface area contributed by atoms with Crippen LogP contribution in [-0.2, 0) is 6.54 Å². The summed E-state index contributed by atoms with van der Waals surface area (Å²) < 4.78 is 0. The lowest BCUT2D eigenvalue weighted by Crippen LogP contribution is -2.42. The molecule has 0 unspecified atom stereocenters. The van der Waals surface area contributed by atoms with Crippen LogP contribution in [-0.4, -0.2) is 54.4 Å². The van der Waals surface area contributed by atoms with E-state index in [0.717, 1.165) is 43.1 Å². The summed E-state index contributed by atoms with van der Waals surface area (Å²) in [5, 5.41) is 8.08. The van der Waals surface area contributed by atoms with Gasteiger partial charge in [-0.3, -0.25) is 4.98 Å². The largest absolute Gasteiger partial charge is 0.369 e. The SMILES string of the molecule is C=C.C=C1C(=C)N(Cc2cnc(-n3nccn3)cn2)CCN1CCC. The van der Waals surface area contributed by atoms with Gasteiger partial charge >= 0.3 is 0 Å². The summed E-state index contributed by atoms with van der Waals surface area (Å²) in [5.41, 5.74) is 2.85. The molecule has 1 aliphatic heterocycles. The summed E-state index contributed by atoms with van der Waals surface area (Å²) in [6.45, 7) is 20.1. The van der Waals surface area contributed by atoms with E-state index in [0.29, 0.717) is 12.4 Å². The van der Waals surface area contributed by atoms with Crippen LogP contribution in [0.4, 0.5) is 0 Å². The maximum atomic E-state index is 4.45. The van der Waals surface area contributed by atoms with Gasteiger partial charge in [-0.05, 0) is 6.42 Å². The van der Waals surface area contributed by atoms with Crippen molar-refractivity contribution in [3.05, 3.63) is 68.2 Å². The van der Waals surface area contributed by atoms with Crippen LogP contribution >= 0.6 is 0 Å². The van der Waals surface area contributed by atoms with Crippen molar-refractivity contribution in [1.29, 1.82) is 0 Å². The molecule has 0 atom stereocenters. The molecular formula is C18H25N7. The van der Waals surface area contributed by atoms with Crippen LogP contribution in [0, 0.1) is 0 Å². The summed E-state index contributed by atoms with van der Waals surface area (Å²) in [6.07, 6.45) is 7.77. The predicted molar refractivity (Wildman–Crippen MR) is 98.8 cm³/mol. The van der Waals surface area contributed by atoms with Crippen LogP contribution in [0.5, 0.6) is 0 Å². The third kappa shape index (κ3) is 4.32. The molecule has 0 radical (unpaired) electrons. The second kappa shape index (κ2) is 8.77. The molecule has 2 aromatic heterocycles. The molecule has 2 aromatic rings. The van der Waals surface area contributed by atoms with Crippen molar-refractivity contribution in [2.45, 2.75) is 19.9 Å². The fourth-order valence-electron chi connectivity index (χ4n) is 2.63. The standard InChI is InChI=1S/C16H21N7.C2H4/c1-4-7-21-8-9-22(14(3)13(21)2)12-15-10-18-16(11-17-15)23-19-5-6-20-23;1-2/h5-6,10-11H,2-4,7-9,12H2,1H3;1-2H2. The molecule has 0 saturated carbocycles. The van der Waals surface area contributed by atoms with E-state index in [2.05, 4.69) is 63.2 Å². The van der Waals surface area contributed by atoms with Crippen LogP contribution in [0.25, 0.3) is 5.82 Å². The van der Waals surface area contributed by atoms with Gasteiger partial charge in [-0.15, -0.1) is 18.0 Å². The molecule has 3 heterocycles. The molecule has 0 bridgehead atoms. The van der Waals surface area contributed by atoms with Gasteiger partial charge in [-0.1, -0.05) is 20.1 Å². The summed E-state index contributed by atoms with van der Waals surface area (Å²) in [6, 6.07) is 0. The summed E-state index contributed by atoms with van der Waals surface area (Å²) >= 11 is 0. The van der Waals surface area contributed by atoms with Gasteiger partial charge in [-0.25, -0.2) is 4.98 Å². The monoisotopic (exact) mass is 339 g/mol. The van der Waals surface area contributed by atoms with Crippen molar-refractivity contribution in [1.82, 2.24) is 34.8 Å². The van der Waals surface area contributed by atoms with Gasteiger partial charge in [0.2, 0.25) is 0 Å². The molecule has 0 aromatic carbocycles. The zero-order valence-corrected chi connectivity index (χ0v) is 14.8. The Labute approximate surface area is 149 Å². The van der Waals surface area contributed by atoms with Crippen molar-refractivity contribution in [3.8, 4) is 5.82 Å². The number of aromatic nitrogens is 5. The van der Waals surface area contributed by atoms with Gasteiger partial charge in [0.1, 0.15) is 0 Å². The molecule has 0 aliphatic carbocycles. The smallest absolute Gasteiger partial charge is 0.192 e. The average molecular weight is 339 g/mol. The van der Waals surface area contributed by atoms with Gasteiger partial charge in [-0.2, -0.15) is 10.2 Å². The van der Waals surface area contributed by atoms with E-state index in [1.807, 2.05) is 0 Å². The Morgan fingerprint density at radius 3 is 2.20 bits per heavy atom. The highest BCUT2D eigenvalue weighted by molar-refractivity contribution is 5.26. The van der Waals surface area contributed by atoms with Crippen molar-refractivity contribution in [2.24, 2.45) is 0 Å². The number of nitrogens with zero attached hydrogens (tertiary/aromatic N) is 7. The van der Waals surface area contributed by atoms with E-state index in [9.17, 15) is 0 Å². The maximum absolute atomic E-state index is 4.45. The van der Waals surface area contributed by atoms with Gasteiger partial charge < -0.3 is 9.80 Å². The van der Waals surface area contributed by atoms with E-state index in [4.69, 9.17) is 0 Å². The molecule has 1 aliphatic rings. The second-order valence-electron chi connectivity index (χ2n) is 5.49. The van der Waals surface area contributed by atoms with Crippen LogP contribution in [0.15, 0.2) is 62.5 Å². The highest BCUT2D eigenvalue weighted by Gasteiger charge is 2.22. The molecule has 1 saturated heterocycles. The molecule has 0 spiro atoms. The van der Waals surface area contributed by atoms with Crippen LogP contribution in [0.2, 0.25) is 0 Å².